The summed E-state index contributed by atoms with van der Waals surface area (Å²) in [5.41, 5.74) is 1.35. The number of nitrogens with zero attached hydrogens (tertiary/aromatic N) is 2. The van der Waals surface area contributed by atoms with Crippen LogP contribution in [-0.4, -0.2) is 16.1 Å². The number of nitrogens with one attached hydrogen (secondary N) is 1. The second-order valence-electron chi connectivity index (χ2n) is 5.89. The molecule has 128 valence electrons. The lowest BCUT2D eigenvalue weighted by atomic mass is 10.1. The smallest absolute Gasteiger partial charge is 0.262 e. The quantitative estimate of drug-likeness (QED) is 0.743. The van der Waals surface area contributed by atoms with Crippen molar-refractivity contribution in [2.75, 3.05) is 6.54 Å². The molecule has 0 aliphatic carbocycles. The molecule has 1 unspecified atom stereocenters. The molecule has 1 aliphatic heterocycles. The Hall–Kier alpha value is -1.21. The van der Waals surface area contributed by atoms with Gasteiger partial charge in [0.1, 0.15) is 4.83 Å². The molecule has 0 aromatic carbocycles. The maximum atomic E-state index is 13.2. The van der Waals surface area contributed by atoms with Crippen LogP contribution < -0.4 is 10.9 Å². The van der Waals surface area contributed by atoms with E-state index >= 15 is 0 Å². The molecule has 4 nitrogen and oxygen atoms in total. The predicted octanol–water partition coefficient (Wildman–Crippen LogP) is 3.98. The summed E-state index contributed by atoms with van der Waals surface area (Å²) in [6.07, 6.45) is 4.67. The van der Waals surface area contributed by atoms with Gasteiger partial charge < -0.3 is 5.32 Å². The van der Waals surface area contributed by atoms with Crippen LogP contribution in [0.15, 0.2) is 28.6 Å². The molecule has 7 heteroatoms. The maximum absolute atomic E-state index is 13.2. The number of rotatable bonds is 4. The first-order chi connectivity index (χ1) is 11.3. The lowest BCUT2D eigenvalue weighted by Gasteiger charge is -2.18. The maximum Gasteiger partial charge on any atom is 0.262 e. The molecule has 0 saturated carbocycles. The molecule has 1 atom stereocenters. The Kier molecular flexibility index (Phi) is 5.39. The molecule has 1 aliphatic rings. The molecule has 24 heavy (non-hydrogen) atoms. The Labute approximate surface area is 155 Å². The van der Waals surface area contributed by atoms with Crippen LogP contribution >= 0.6 is 35.1 Å². The summed E-state index contributed by atoms with van der Waals surface area (Å²) in [5, 5.41) is 6.31. The van der Waals surface area contributed by atoms with Gasteiger partial charge in [-0.3, -0.25) is 9.36 Å². The molecule has 0 fully saturated rings. The zero-order valence-corrected chi connectivity index (χ0v) is 15.9. The Balaban J connectivity index is 0.00000169. The van der Waals surface area contributed by atoms with Crippen LogP contribution in [0.25, 0.3) is 10.2 Å². The fourth-order valence-electron chi connectivity index (χ4n) is 3.32. The van der Waals surface area contributed by atoms with Crippen LogP contribution in [-0.2, 0) is 13.0 Å². The standard InChI is InChI=1S/C17H19N3OS2.ClH/c1-2-4-12(13-5-3-8-22-13)20-10-19-16-15(17(20)21)11-6-7-18-9-14(11)23-16;/h3,5,8,10,12,18H,2,4,6-7,9H2,1H3;1H. The monoisotopic (exact) mass is 381 g/mol. The van der Waals surface area contributed by atoms with E-state index in [-0.39, 0.29) is 24.0 Å². The number of hydrogen-bond acceptors (Lipinski definition) is 5. The summed E-state index contributed by atoms with van der Waals surface area (Å²) in [4.78, 5) is 21.2. The minimum atomic E-state index is 0. The molecule has 0 amide bonds. The summed E-state index contributed by atoms with van der Waals surface area (Å²) >= 11 is 3.38. The molecule has 4 heterocycles. The van der Waals surface area contributed by atoms with Crippen LogP contribution in [0.3, 0.4) is 0 Å². The largest absolute Gasteiger partial charge is 0.312 e. The second kappa shape index (κ2) is 7.35. The highest BCUT2D eigenvalue weighted by Gasteiger charge is 2.22. The summed E-state index contributed by atoms with van der Waals surface area (Å²) < 4.78 is 1.85. The van der Waals surface area contributed by atoms with Crippen molar-refractivity contribution >= 4 is 45.3 Å². The van der Waals surface area contributed by atoms with Crippen LogP contribution in [0.4, 0.5) is 0 Å². The minimum Gasteiger partial charge on any atom is -0.312 e. The van der Waals surface area contributed by atoms with Crippen molar-refractivity contribution in [2.24, 2.45) is 0 Å². The molecule has 4 rings (SSSR count). The highest BCUT2D eigenvalue weighted by molar-refractivity contribution is 7.18. The number of hydrogen-bond donors (Lipinski definition) is 1. The average molecular weight is 382 g/mol. The Morgan fingerprint density at radius 2 is 2.33 bits per heavy atom. The summed E-state index contributed by atoms with van der Waals surface area (Å²) in [5.74, 6) is 0. The predicted molar refractivity (Wildman–Crippen MR) is 104 cm³/mol. The second-order valence-corrected chi connectivity index (χ2v) is 7.95. The van der Waals surface area contributed by atoms with Crippen LogP contribution in [0.5, 0.6) is 0 Å². The molecule has 0 saturated heterocycles. The van der Waals surface area contributed by atoms with E-state index in [0.29, 0.717) is 0 Å². The average Bonchev–Trinajstić information content (AvgIpc) is 3.21. The SMILES string of the molecule is CCCC(c1cccs1)n1cnc2sc3c(c2c1=O)CCNC3.Cl. The fourth-order valence-corrected chi connectivity index (χ4v) is 5.33. The molecule has 3 aromatic rings. The van der Waals surface area contributed by atoms with Crippen LogP contribution in [0.2, 0.25) is 0 Å². The normalized spacial score (nSPS) is 15.0. The molecule has 0 radical (unpaired) electrons. The number of halogens is 1. The van der Waals surface area contributed by atoms with E-state index in [4.69, 9.17) is 0 Å². The molecule has 0 spiro atoms. The third-order valence-corrected chi connectivity index (χ3v) is 6.54. The van der Waals surface area contributed by atoms with Crippen molar-refractivity contribution in [3.63, 3.8) is 0 Å². The summed E-state index contributed by atoms with van der Waals surface area (Å²) in [6.45, 7) is 3.96. The van der Waals surface area contributed by atoms with E-state index in [2.05, 4.69) is 34.7 Å². The van der Waals surface area contributed by atoms with Gasteiger partial charge in [0, 0.05) is 16.3 Å². The van der Waals surface area contributed by atoms with Crippen molar-refractivity contribution in [3.8, 4) is 0 Å². The van der Waals surface area contributed by atoms with Gasteiger partial charge >= 0.3 is 0 Å². The van der Waals surface area contributed by atoms with E-state index in [0.717, 1.165) is 42.6 Å². The number of thiophene rings is 2. The van der Waals surface area contributed by atoms with Crippen molar-refractivity contribution in [2.45, 2.75) is 38.8 Å². The van der Waals surface area contributed by atoms with Gasteiger partial charge in [0.25, 0.3) is 5.56 Å². The zero-order chi connectivity index (χ0) is 15.8. The number of fused-ring (bicyclic) bond motifs is 3. The van der Waals surface area contributed by atoms with Crippen molar-refractivity contribution in [1.29, 1.82) is 0 Å². The van der Waals surface area contributed by atoms with Gasteiger partial charge in [-0.05, 0) is 36.4 Å². The fraction of sp³-hybridized carbons (Fsp3) is 0.412. The van der Waals surface area contributed by atoms with E-state index in [9.17, 15) is 4.79 Å². The first-order valence-corrected chi connectivity index (χ1v) is 9.74. The van der Waals surface area contributed by atoms with Gasteiger partial charge in [0.15, 0.2) is 0 Å². The van der Waals surface area contributed by atoms with E-state index in [1.165, 1.54) is 15.3 Å². The topological polar surface area (TPSA) is 46.9 Å². The molecular weight excluding hydrogens is 362 g/mol. The Bertz CT molecular complexity index is 885. The van der Waals surface area contributed by atoms with E-state index < -0.39 is 0 Å². The third kappa shape index (κ3) is 2.92. The highest BCUT2D eigenvalue weighted by Crippen LogP contribution is 2.31. The minimum absolute atomic E-state index is 0. The van der Waals surface area contributed by atoms with Crippen molar-refractivity contribution in [1.82, 2.24) is 14.9 Å². The van der Waals surface area contributed by atoms with E-state index in [1.807, 2.05) is 4.57 Å². The first kappa shape index (κ1) is 17.6. The third-order valence-electron chi connectivity index (χ3n) is 4.43. The summed E-state index contributed by atoms with van der Waals surface area (Å²) in [6, 6.07) is 4.27. The molecule has 3 aromatic heterocycles. The van der Waals surface area contributed by atoms with Gasteiger partial charge in [-0.25, -0.2) is 4.98 Å². The molecular formula is C17H20ClN3OS2. The number of aromatic nitrogens is 2. The van der Waals surface area contributed by atoms with Gasteiger partial charge in [0.2, 0.25) is 0 Å². The Morgan fingerprint density at radius 3 is 3.08 bits per heavy atom. The van der Waals surface area contributed by atoms with Crippen LogP contribution in [0.1, 0.15) is 41.1 Å². The first-order valence-electron chi connectivity index (χ1n) is 8.05. The van der Waals surface area contributed by atoms with Gasteiger partial charge in [-0.2, -0.15) is 0 Å². The lowest BCUT2D eigenvalue weighted by molar-refractivity contribution is 0.522. The van der Waals surface area contributed by atoms with E-state index in [1.54, 1.807) is 29.0 Å². The zero-order valence-electron chi connectivity index (χ0n) is 13.4. The van der Waals surface area contributed by atoms with Crippen molar-refractivity contribution < 1.29 is 0 Å². The molecule has 1 N–H and O–H groups in total. The highest BCUT2D eigenvalue weighted by atomic mass is 35.5. The van der Waals surface area contributed by atoms with Gasteiger partial charge in [-0.15, -0.1) is 35.1 Å². The Morgan fingerprint density at radius 1 is 1.46 bits per heavy atom. The van der Waals surface area contributed by atoms with Crippen molar-refractivity contribution in [3.05, 3.63) is 49.5 Å². The lowest BCUT2D eigenvalue weighted by Crippen LogP contribution is -2.27. The van der Waals surface area contributed by atoms with Crippen LogP contribution in [0, 0.1) is 0 Å². The molecule has 0 bridgehead atoms. The van der Waals surface area contributed by atoms with Gasteiger partial charge in [-0.1, -0.05) is 19.4 Å². The van der Waals surface area contributed by atoms with Gasteiger partial charge in [0.05, 0.1) is 17.8 Å². The summed E-state index contributed by atoms with van der Waals surface area (Å²) in [7, 11) is 0.